The Morgan fingerprint density at radius 1 is 1.41 bits per heavy atom. The number of benzene rings is 1. The van der Waals surface area contributed by atoms with Crippen LogP contribution in [-0.4, -0.2) is 32.2 Å². The highest BCUT2D eigenvalue weighted by Gasteiger charge is 2.14. The fraction of sp³-hybridized carbons (Fsp3) is 0.462. The van der Waals surface area contributed by atoms with Crippen LogP contribution in [0.25, 0.3) is 0 Å². The Morgan fingerprint density at radius 2 is 2.24 bits per heavy atom. The van der Waals surface area contributed by atoms with E-state index >= 15 is 0 Å². The molecule has 1 aliphatic rings. The van der Waals surface area contributed by atoms with Gasteiger partial charge in [0.25, 0.3) is 0 Å². The second-order valence-corrected chi connectivity index (χ2v) is 4.29. The molecule has 0 saturated carbocycles. The fourth-order valence-electron chi connectivity index (χ4n) is 1.89. The van der Waals surface area contributed by atoms with Gasteiger partial charge < -0.3 is 15.4 Å². The SMILES string of the molecule is O=C(COCC1CCNC1)Nc1ccccc1. The normalized spacial score (nSPS) is 19.2. The van der Waals surface area contributed by atoms with Crippen molar-refractivity contribution < 1.29 is 9.53 Å². The topological polar surface area (TPSA) is 50.4 Å². The lowest BCUT2D eigenvalue weighted by Crippen LogP contribution is -2.21. The van der Waals surface area contributed by atoms with Crippen molar-refractivity contribution in [3.05, 3.63) is 30.3 Å². The highest BCUT2D eigenvalue weighted by atomic mass is 16.5. The molecule has 1 unspecified atom stereocenters. The van der Waals surface area contributed by atoms with Crippen LogP contribution in [0.4, 0.5) is 5.69 Å². The Hall–Kier alpha value is -1.39. The van der Waals surface area contributed by atoms with Crippen LogP contribution in [0.2, 0.25) is 0 Å². The molecular weight excluding hydrogens is 216 g/mol. The Balaban J connectivity index is 1.64. The average Bonchev–Trinajstić information content (AvgIpc) is 2.83. The van der Waals surface area contributed by atoms with Gasteiger partial charge in [0, 0.05) is 12.2 Å². The van der Waals surface area contributed by atoms with Gasteiger partial charge in [-0.1, -0.05) is 18.2 Å². The van der Waals surface area contributed by atoms with Gasteiger partial charge >= 0.3 is 0 Å². The van der Waals surface area contributed by atoms with Crippen LogP contribution in [-0.2, 0) is 9.53 Å². The highest BCUT2D eigenvalue weighted by molar-refractivity contribution is 5.91. The number of amides is 1. The number of hydrogen-bond acceptors (Lipinski definition) is 3. The van der Waals surface area contributed by atoms with Crippen molar-refractivity contribution in [3.8, 4) is 0 Å². The minimum absolute atomic E-state index is 0.0952. The molecule has 0 aliphatic carbocycles. The Morgan fingerprint density at radius 3 is 2.94 bits per heavy atom. The van der Waals surface area contributed by atoms with E-state index in [-0.39, 0.29) is 12.5 Å². The Kier molecular flexibility index (Phi) is 4.53. The smallest absolute Gasteiger partial charge is 0.250 e. The molecule has 1 aromatic rings. The number of carbonyl (C=O) groups is 1. The van der Waals surface area contributed by atoms with Gasteiger partial charge in [-0.2, -0.15) is 0 Å². The quantitative estimate of drug-likeness (QED) is 0.806. The summed E-state index contributed by atoms with van der Waals surface area (Å²) >= 11 is 0. The molecule has 4 nitrogen and oxygen atoms in total. The average molecular weight is 234 g/mol. The lowest BCUT2D eigenvalue weighted by atomic mass is 10.1. The van der Waals surface area contributed by atoms with Gasteiger partial charge in [0.05, 0.1) is 6.61 Å². The first kappa shape index (κ1) is 12.1. The van der Waals surface area contributed by atoms with Crippen LogP contribution in [0.5, 0.6) is 0 Å². The molecule has 0 spiro atoms. The lowest BCUT2D eigenvalue weighted by molar-refractivity contribution is -0.121. The number of ether oxygens (including phenoxy) is 1. The summed E-state index contributed by atoms with van der Waals surface area (Å²) in [5, 5.41) is 6.06. The molecule has 17 heavy (non-hydrogen) atoms. The lowest BCUT2D eigenvalue weighted by Gasteiger charge is -2.09. The number of nitrogens with one attached hydrogen (secondary N) is 2. The summed E-state index contributed by atoms with van der Waals surface area (Å²) in [6.07, 6.45) is 1.14. The summed E-state index contributed by atoms with van der Waals surface area (Å²) < 4.78 is 5.40. The van der Waals surface area contributed by atoms with Crippen molar-refractivity contribution in [2.45, 2.75) is 6.42 Å². The number of anilines is 1. The molecule has 0 radical (unpaired) electrons. The zero-order valence-corrected chi connectivity index (χ0v) is 9.82. The number of para-hydroxylation sites is 1. The zero-order valence-electron chi connectivity index (χ0n) is 9.82. The van der Waals surface area contributed by atoms with Crippen LogP contribution < -0.4 is 10.6 Å². The molecule has 1 saturated heterocycles. The van der Waals surface area contributed by atoms with Crippen molar-refractivity contribution in [3.63, 3.8) is 0 Å². The standard InChI is InChI=1S/C13H18N2O2/c16-13(15-12-4-2-1-3-5-12)10-17-9-11-6-7-14-8-11/h1-5,11,14H,6-10H2,(H,15,16). The monoisotopic (exact) mass is 234 g/mol. The molecule has 92 valence electrons. The summed E-state index contributed by atoms with van der Waals surface area (Å²) in [4.78, 5) is 11.5. The number of rotatable bonds is 5. The van der Waals surface area contributed by atoms with Gasteiger partial charge in [-0.3, -0.25) is 4.79 Å². The second-order valence-electron chi connectivity index (χ2n) is 4.29. The van der Waals surface area contributed by atoms with Gasteiger partial charge in [-0.15, -0.1) is 0 Å². The Labute approximate surface area is 101 Å². The Bertz CT molecular complexity index is 348. The molecule has 0 aromatic heterocycles. The first-order valence-electron chi connectivity index (χ1n) is 5.98. The van der Waals surface area contributed by atoms with Gasteiger partial charge in [-0.05, 0) is 31.0 Å². The van der Waals surface area contributed by atoms with Crippen LogP contribution in [0.15, 0.2) is 30.3 Å². The van der Waals surface area contributed by atoms with E-state index in [1.165, 1.54) is 0 Å². The van der Waals surface area contributed by atoms with E-state index in [0.29, 0.717) is 12.5 Å². The maximum atomic E-state index is 11.5. The highest BCUT2D eigenvalue weighted by Crippen LogP contribution is 2.08. The molecule has 1 aliphatic heterocycles. The molecule has 4 heteroatoms. The molecule has 1 aromatic carbocycles. The summed E-state index contributed by atoms with van der Waals surface area (Å²) in [5.74, 6) is 0.460. The first-order chi connectivity index (χ1) is 8.34. The zero-order chi connectivity index (χ0) is 11.9. The maximum absolute atomic E-state index is 11.5. The van der Waals surface area contributed by atoms with E-state index in [1.807, 2.05) is 30.3 Å². The van der Waals surface area contributed by atoms with Gasteiger partial charge in [0.15, 0.2) is 0 Å². The molecule has 2 rings (SSSR count). The van der Waals surface area contributed by atoms with Crippen molar-refractivity contribution in [2.24, 2.45) is 5.92 Å². The maximum Gasteiger partial charge on any atom is 0.250 e. The minimum Gasteiger partial charge on any atom is -0.371 e. The van der Waals surface area contributed by atoms with E-state index < -0.39 is 0 Å². The molecule has 1 amide bonds. The fourth-order valence-corrected chi connectivity index (χ4v) is 1.89. The van der Waals surface area contributed by atoms with Crippen molar-refractivity contribution in [1.82, 2.24) is 5.32 Å². The molecule has 1 heterocycles. The van der Waals surface area contributed by atoms with E-state index in [9.17, 15) is 4.79 Å². The summed E-state index contributed by atoms with van der Waals surface area (Å²) in [6.45, 7) is 2.85. The van der Waals surface area contributed by atoms with Crippen molar-refractivity contribution in [2.75, 3.05) is 31.6 Å². The summed E-state index contributed by atoms with van der Waals surface area (Å²) in [7, 11) is 0. The molecule has 1 fully saturated rings. The van der Waals surface area contributed by atoms with Gasteiger partial charge in [0.2, 0.25) is 5.91 Å². The predicted octanol–water partition coefficient (Wildman–Crippen LogP) is 1.25. The van der Waals surface area contributed by atoms with Crippen LogP contribution in [0.3, 0.4) is 0 Å². The predicted molar refractivity (Wildman–Crippen MR) is 66.9 cm³/mol. The molecule has 1 atom stereocenters. The van der Waals surface area contributed by atoms with Crippen molar-refractivity contribution >= 4 is 11.6 Å². The van der Waals surface area contributed by atoms with Crippen LogP contribution >= 0.6 is 0 Å². The minimum atomic E-state index is -0.0952. The van der Waals surface area contributed by atoms with Crippen LogP contribution in [0, 0.1) is 5.92 Å². The van der Waals surface area contributed by atoms with Gasteiger partial charge in [-0.25, -0.2) is 0 Å². The van der Waals surface area contributed by atoms with Gasteiger partial charge in [0.1, 0.15) is 6.61 Å². The number of hydrogen-bond donors (Lipinski definition) is 2. The summed E-state index contributed by atoms with van der Waals surface area (Å²) in [5.41, 5.74) is 0.809. The van der Waals surface area contributed by atoms with Crippen LogP contribution in [0.1, 0.15) is 6.42 Å². The van der Waals surface area contributed by atoms with E-state index in [4.69, 9.17) is 4.74 Å². The largest absolute Gasteiger partial charge is 0.371 e. The molecule has 0 bridgehead atoms. The van der Waals surface area contributed by atoms with E-state index in [2.05, 4.69) is 10.6 Å². The third-order valence-corrected chi connectivity index (χ3v) is 2.81. The van der Waals surface area contributed by atoms with E-state index in [0.717, 1.165) is 25.2 Å². The second kappa shape index (κ2) is 6.37. The third-order valence-electron chi connectivity index (χ3n) is 2.81. The summed E-state index contributed by atoms with van der Waals surface area (Å²) in [6, 6.07) is 9.41. The van der Waals surface area contributed by atoms with E-state index in [1.54, 1.807) is 0 Å². The molecular formula is C13H18N2O2. The van der Waals surface area contributed by atoms with Crippen molar-refractivity contribution in [1.29, 1.82) is 0 Å². The molecule has 2 N–H and O–H groups in total. The number of carbonyl (C=O) groups excluding carboxylic acids is 1. The first-order valence-corrected chi connectivity index (χ1v) is 5.98. The third kappa shape index (κ3) is 4.17.